The minimum Gasteiger partial charge on any atom is -0.493 e. The van der Waals surface area contributed by atoms with Crippen molar-refractivity contribution >= 4 is 11.8 Å². The highest BCUT2D eigenvalue weighted by molar-refractivity contribution is 5.71. The minimum absolute atomic E-state index is 0.0111. The molecule has 170 valence electrons. The minimum atomic E-state index is -0.157. The molecule has 4 rings (SSSR count). The molecule has 1 N–H and O–H groups in total. The maximum atomic E-state index is 12.2. The standard InChI is InChI=1S/C27H34N2O3/c1-2-31-26(30)19-22(23-12-11-20-15-17-32-25(20)18-23)8-5-3-4-6-10-24-14-13-21-9-7-16-28-27(21)29-24/h5,8,11-14,18,22H,2-4,6-7,9-10,15-17,19H2,1H3,(H,28,29)/b8-5+/t22-/m0/s1. The van der Waals surface area contributed by atoms with Gasteiger partial charge in [-0.25, -0.2) is 4.98 Å². The van der Waals surface area contributed by atoms with Crippen molar-refractivity contribution in [2.24, 2.45) is 0 Å². The van der Waals surface area contributed by atoms with Crippen molar-refractivity contribution in [1.29, 1.82) is 0 Å². The lowest BCUT2D eigenvalue weighted by molar-refractivity contribution is -0.143. The monoisotopic (exact) mass is 434 g/mol. The molecule has 5 nitrogen and oxygen atoms in total. The van der Waals surface area contributed by atoms with E-state index < -0.39 is 0 Å². The van der Waals surface area contributed by atoms with Crippen molar-refractivity contribution in [3.63, 3.8) is 0 Å². The molecule has 0 saturated heterocycles. The molecule has 0 saturated carbocycles. The van der Waals surface area contributed by atoms with Crippen LogP contribution in [0.25, 0.3) is 0 Å². The molecule has 2 aliphatic heterocycles. The van der Waals surface area contributed by atoms with Crippen molar-refractivity contribution in [2.75, 3.05) is 25.1 Å². The molecule has 0 fully saturated rings. The third-order valence-electron chi connectivity index (χ3n) is 6.21. The second-order valence-corrected chi connectivity index (χ2v) is 8.60. The van der Waals surface area contributed by atoms with Gasteiger partial charge in [0.25, 0.3) is 0 Å². The summed E-state index contributed by atoms with van der Waals surface area (Å²) in [6.45, 7) is 4.03. The predicted octanol–water partition coefficient (Wildman–Crippen LogP) is 5.38. The number of hydrogen-bond donors (Lipinski definition) is 1. The van der Waals surface area contributed by atoms with Crippen LogP contribution in [0.3, 0.4) is 0 Å². The van der Waals surface area contributed by atoms with Crippen molar-refractivity contribution in [3.8, 4) is 5.75 Å². The Bertz CT molecular complexity index is 954. The van der Waals surface area contributed by atoms with Crippen molar-refractivity contribution in [2.45, 2.75) is 64.2 Å². The molecule has 0 radical (unpaired) electrons. The van der Waals surface area contributed by atoms with Crippen LogP contribution >= 0.6 is 0 Å². The van der Waals surface area contributed by atoms with Crippen molar-refractivity contribution in [1.82, 2.24) is 4.98 Å². The van der Waals surface area contributed by atoms with Crippen LogP contribution in [-0.4, -0.2) is 30.7 Å². The molecule has 0 aliphatic carbocycles. The van der Waals surface area contributed by atoms with Crippen molar-refractivity contribution < 1.29 is 14.3 Å². The van der Waals surface area contributed by atoms with E-state index in [9.17, 15) is 4.79 Å². The number of nitrogens with one attached hydrogen (secondary N) is 1. The second kappa shape index (κ2) is 11.2. The van der Waals surface area contributed by atoms with Gasteiger partial charge in [0, 0.05) is 24.6 Å². The molecule has 1 aromatic carbocycles. The van der Waals surface area contributed by atoms with E-state index in [2.05, 4.69) is 47.8 Å². The first-order valence-corrected chi connectivity index (χ1v) is 12.0. The highest BCUT2D eigenvalue weighted by atomic mass is 16.5. The Morgan fingerprint density at radius 3 is 3.03 bits per heavy atom. The topological polar surface area (TPSA) is 60.5 Å². The van der Waals surface area contributed by atoms with Gasteiger partial charge in [-0.3, -0.25) is 4.79 Å². The zero-order valence-corrected chi connectivity index (χ0v) is 19.1. The molecule has 5 heteroatoms. The highest BCUT2D eigenvalue weighted by Gasteiger charge is 2.18. The smallest absolute Gasteiger partial charge is 0.306 e. The lowest BCUT2D eigenvalue weighted by Crippen LogP contribution is -2.13. The van der Waals surface area contributed by atoms with Crippen molar-refractivity contribution in [3.05, 3.63) is 64.9 Å². The zero-order chi connectivity index (χ0) is 22.2. The number of allylic oxidation sites excluding steroid dienone is 2. The van der Waals surface area contributed by atoms with Crippen LogP contribution in [0.4, 0.5) is 5.82 Å². The number of hydrogen-bond acceptors (Lipinski definition) is 5. The Balaban J connectivity index is 1.30. The third-order valence-corrected chi connectivity index (χ3v) is 6.21. The number of aromatic nitrogens is 1. The van der Waals surface area contributed by atoms with Crippen LogP contribution in [0.15, 0.2) is 42.5 Å². The van der Waals surface area contributed by atoms with Crippen LogP contribution in [0.1, 0.15) is 67.3 Å². The summed E-state index contributed by atoms with van der Waals surface area (Å²) in [6.07, 6.45) is 12.2. The van der Waals surface area contributed by atoms with Gasteiger partial charge in [-0.15, -0.1) is 0 Å². The molecule has 3 heterocycles. The Morgan fingerprint density at radius 1 is 1.22 bits per heavy atom. The summed E-state index contributed by atoms with van der Waals surface area (Å²) in [6, 6.07) is 10.7. The average Bonchev–Trinajstić information content (AvgIpc) is 3.28. The first-order valence-electron chi connectivity index (χ1n) is 12.0. The number of carbonyl (C=O) groups excluding carboxylic acids is 1. The van der Waals surface area contributed by atoms with Gasteiger partial charge >= 0.3 is 5.97 Å². The fourth-order valence-electron chi connectivity index (χ4n) is 4.45. The SMILES string of the molecule is CCOC(=O)C[C@H](/C=C/CCCCc1ccc2c(n1)NCCC2)c1ccc2c(c1)OCC2. The maximum absolute atomic E-state index is 12.2. The molecular weight excluding hydrogens is 400 g/mol. The quantitative estimate of drug-likeness (QED) is 0.309. The van der Waals surface area contributed by atoms with Gasteiger partial charge in [0.05, 0.1) is 19.6 Å². The lowest BCUT2D eigenvalue weighted by Gasteiger charge is -2.17. The zero-order valence-electron chi connectivity index (χ0n) is 19.1. The summed E-state index contributed by atoms with van der Waals surface area (Å²) in [4.78, 5) is 16.9. The fraction of sp³-hybridized carbons (Fsp3) is 0.481. The maximum Gasteiger partial charge on any atom is 0.306 e. The van der Waals surface area contributed by atoms with E-state index in [1.165, 1.54) is 23.2 Å². The van der Waals surface area contributed by atoms with Gasteiger partial charge in [0.1, 0.15) is 11.6 Å². The molecule has 0 unspecified atom stereocenters. The van der Waals surface area contributed by atoms with Crippen LogP contribution in [0.2, 0.25) is 0 Å². The molecule has 2 aromatic rings. The summed E-state index contributed by atoms with van der Waals surface area (Å²) in [7, 11) is 0. The van der Waals surface area contributed by atoms with Crippen LogP contribution in [0, 0.1) is 0 Å². The number of aryl methyl sites for hydroxylation is 2. The number of unbranched alkanes of at least 4 members (excludes halogenated alkanes) is 2. The summed E-state index contributed by atoms with van der Waals surface area (Å²) in [5.74, 6) is 1.89. The molecule has 0 spiro atoms. The van der Waals surface area contributed by atoms with E-state index in [0.717, 1.165) is 68.8 Å². The van der Waals surface area contributed by atoms with Crippen LogP contribution in [0.5, 0.6) is 5.75 Å². The average molecular weight is 435 g/mol. The number of carbonyl (C=O) groups is 1. The summed E-state index contributed by atoms with van der Waals surface area (Å²) in [5.41, 5.74) is 4.87. The second-order valence-electron chi connectivity index (χ2n) is 8.60. The number of rotatable bonds is 10. The predicted molar refractivity (Wildman–Crippen MR) is 127 cm³/mol. The number of pyridine rings is 1. The Morgan fingerprint density at radius 2 is 2.12 bits per heavy atom. The highest BCUT2D eigenvalue weighted by Crippen LogP contribution is 2.31. The van der Waals surface area contributed by atoms with E-state index in [-0.39, 0.29) is 11.9 Å². The van der Waals surface area contributed by atoms with Gasteiger partial charge in [-0.1, -0.05) is 30.4 Å². The van der Waals surface area contributed by atoms with Gasteiger partial charge in [0.2, 0.25) is 0 Å². The van der Waals surface area contributed by atoms with Gasteiger partial charge in [-0.2, -0.15) is 0 Å². The van der Waals surface area contributed by atoms with Crippen LogP contribution in [-0.2, 0) is 28.8 Å². The molecule has 0 bridgehead atoms. The normalized spacial score (nSPS) is 15.5. The number of ether oxygens (including phenoxy) is 2. The molecule has 2 aliphatic rings. The fourth-order valence-corrected chi connectivity index (χ4v) is 4.45. The van der Waals surface area contributed by atoms with Gasteiger partial charge < -0.3 is 14.8 Å². The number of fused-ring (bicyclic) bond motifs is 2. The molecule has 0 amide bonds. The molecular formula is C27H34N2O3. The van der Waals surface area contributed by atoms with Gasteiger partial charge in [-0.05, 0) is 74.3 Å². The third kappa shape index (κ3) is 5.90. The molecule has 32 heavy (non-hydrogen) atoms. The van der Waals surface area contributed by atoms with E-state index in [1.54, 1.807) is 0 Å². The van der Waals surface area contributed by atoms with E-state index in [1.807, 2.05) is 6.92 Å². The number of nitrogens with zero attached hydrogens (tertiary/aromatic N) is 1. The largest absolute Gasteiger partial charge is 0.493 e. The number of benzene rings is 1. The first-order chi connectivity index (χ1) is 15.7. The Labute approximate surface area is 191 Å². The van der Waals surface area contributed by atoms with Gasteiger partial charge in [0.15, 0.2) is 0 Å². The Hall–Kier alpha value is -2.82. The van der Waals surface area contributed by atoms with E-state index in [4.69, 9.17) is 14.5 Å². The van der Waals surface area contributed by atoms with E-state index in [0.29, 0.717) is 13.0 Å². The number of anilines is 1. The van der Waals surface area contributed by atoms with E-state index >= 15 is 0 Å². The Kier molecular flexibility index (Phi) is 7.81. The molecule has 1 atom stereocenters. The first kappa shape index (κ1) is 22.4. The number of esters is 1. The summed E-state index contributed by atoms with van der Waals surface area (Å²) >= 11 is 0. The molecule has 1 aromatic heterocycles. The summed E-state index contributed by atoms with van der Waals surface area (Å²) < 4.78 is 10.9. The lowest BCUT2D eigenvalue weighted by atomic mass is 9.93. The van der Waals surface area contributed by atoms with Crippen LogP contribution < -0.4 is 10.1 Å². The summed E-state index contributed by atoms with van der Waals surface area (Å²) in [5, 5.41) is 3.41.